The highest BCUT2D eigenvalue weighted by molar-refractivity contribution is 9.10. The maximum absolute atomic E-state index is 6.10. The lowest BCUT2D eigenvalue weighted by atomic mass is 10.2. The number of rotatable bonds is 6. The lowest BCUT2D eigenvalue weighted by Gasteiger charge is -2.11. The molecule has 0 amide bonds. The molecule has 1 N–H and O–H groups in total. The Morgan fingerprint density at radius 2 is 1.95 bits per heavy atom. The van der Waals surface area contributed by atoms with Crippen LogP contribution in [0.5, 0.6) is 11.5 Å². The van der Waals surface area contributed by atoms with Crippen LogP contribution in [0.3, 0.4) is 0 Å². The van der Waals surface area contributed by atoms with Crippen molar-refractivity contribution in [3.8, 4) is 11.5 Å². The van der Waals surface area contributed by atoms with Gasteiger partial charge in [-0.1, -0.05) is 52.1 Å². The van der Waals surface area contributed by atoms with Crippen molar-refractivity contribution in [1.29, 1.82) is 0 Å². The second-order valence-corrected chi connectivity index (χ2v) is 6.30. The Morgan fingerprint density at radius 3 is 2.62 bits per heavy atom. The van der Waals surface area contributed by atoms with Crippen LogP contribution >= 0.6 is 39.1 Å². The van der Waals surface area contributed by atoms with Crippen molar-refractivity contribution in [2.75, 3.05) is 6.54 Å². The van der Waals surface area contributed by atoms with Gasteiger partial charge < -0.3 is 10.1 Å². The molecule has 2 aromatic rings. The molecule has 0 unspecified atom stereocenters. The summed E-state index contributed by atoms with van der Waals surface area (Å²) >= 11 is 15.5. The summed E-state index contributed by atoms with van der Waals surface area (Å²) in [6.07, 6.45) is 1.12. The topological polar surface area (TPSA) is 21.3 Å². The Kier molecular flexibility index (Phi) is 6.37. The summed E-state index contributed by atoms with van der Waals surface area (Å²) in [5.41, 5.74) is 1.19. The van der Waals surface area contributed by atoms with E-state index in [-0.39, 0.29) is 0 Å². The Bertz CT molecular complexity index is 619. The first-order chi connectivity index (χ1) is 10.1. The van der Waals surface area contributed by atoms with Gasteiger partial charge in [-0.3, -0.25) is 0 Å². The van der Waals surface area contributed by atoms with Gasteiger partial charge in [-0.05, 0) is 48.9 Å². The number of hydrogen-bond donors (Lipinski definition) is 1. The van der Waals surface area contributed by atoms with Crippen molar-refractivity contribution in [3.05, 3.63) is 56.5 Å². The molecule has 2 rings (SSSR count). The molecule has 0 fully saturated rings. The summed E-state index contributed by atoms with van der Waals surface area (Å²) in [6, 6.07) is 11.1. The number of ether oxygens (including phenoxy) is 1. The van der Waals surface area contributed by atoms with Gasteiger partial charge in [0.2, 0.25) is 0 Å². The minimum absolute atomic E-state index is 0.493. The SMILES string of the molecule is CCCNCc1ccc(Oc2ccc(Cl)cc2Cl)cc1Br. The zero-order valence-electron chi connectivity index (χ0n) is 11.6. The fourth-order valence-corrected chi connectivity index (χ4v) is 2.76. The molecular weight excluding hydrogens is 373 g/mol. The van der Waals surface area contributed by atoms with Gasteiger partial charge in [0.05, 0.1) is 5.02 Å². The molecule has 0 heterocycles. The van der Waals surface area contributed by atoms with Gasteiger partial charge in [-0.25, -0.2) is 0 Å². The van der Waals surface area contributed by atoms with Crippen molar-refractivity contribution in [3.63, 3.8) is 0 Å². The highest BCUT2D eigenvalue weighted by Crippen LogP contribution is 2.33. The third-order valence-electron chi connectivity index (χ3n) is 2.89. The number of benzene rings is 2. The molecule has 0 aliphatic rings. The Labute approximate surface area is 143 Å². The second kappa shape index (κ2) is 8.04. The average molecular weight is 389 g/mol. The molecule has 0 bridgehead atoms. The van der Waals surface area contributed by atoms with E-state index in [1.165, 1.54) is 5.56 Å². The summed E-state index contributed by atoms with van der Waals surface area (Å²) in [5, 5.41) is 4.45. The van der Waals surface area contributed by atoms with Crippen molar-refractivity contribution in [2.45, 2.75) is 19.9 Å². The van der Waals surface area contributed by atoms with Gasteiger partial charge in [-0.2, -0.15) is 0 Å². The molecular formula is C16H16BrCl2NO. The summed E-state index contributed by atoms with van der Waals surface area (Å²) in [6.45, 7) is 3.98. The van der Waals surface area contributed by atoms with Gasteiger partial charge in [0.25, 0.3) is 0 Å². The molecule has 5 heteroatoms. The summed E-state index contributed by atoms with van der Waals surface area (Å²) in [7, 11) is 0. The molecule has 112 valence electrons. The Morgan fingerprint density at radius 1 is 1.14 bits per heavy atom. The number of hydrogen-bond acceptors (Lipinski definition) is 2. The molecule has 0 saturated heterocycles. The number of halogens is 3. The lowest BCUT2D eigenvalue weighted by molar-refractivity contribution is 0.482. The minimum atomic E-state index is 0.493. The van der Waals surface area contributed by atoms with E-state index in [0.717, 1.165) is 29.7 Å². The van der Waals surface area contributed by atoms with E-state index < -0.39 is 0 Å². The van der Waals surface area contributed by atoms with E-state index in [9.17, 15) is 0 Å². The van der Waals surface area contributed by atoms with Gasteiger partial charge >= 0.3 is 0 Å². The average Bonchev–Trinajstić information content (AvgIpc) is 2.44. The van der Waals surface area contributed by atoms with E-state index >= 15 is 0 Å². The van der Waals surface area contributed by atoms with E-state index in [1.54, 1.807) is 18.2 Å². The first kappa shape index (κ1) is 16.6. The quantitative estimate of drug-likeness (QED) is 0.608. The first-order valence-corrected chi connectivity index (χ1v) is 8.27. The maximum Gasteiger partial charge on any atom is 0.146 e. The minimum Gasteiger partial charge on any atom is -0.456 e. The van der Waals surface area contributed by atoms with E-state index in [2.05, 4.69) is 28.2 Å². The molecule has 0 atom stereocenters. The molecule has 0 spiro atoms. The fraction of sp³-hybridized carbons (Fsp3) is 0.250. The summed E-state index contributed by atoms with van der Waals surface area (Å²) < 4.78 is 6.79. The van der Waals surface area contributed by atoms with Crippen LogP contribution in [0, 0.1) is 0 Å². The third-order valence-corrected chi connectivity index (χ3v) is 4.16. The van der Waals surface area contributed by atoms with Crippen LogP contribution in [0.2, 0.25) is 10.0 Å². The largest absolute Gasteiger partial charge is 0.456 e. The Hall–Kier alpha value is -0.740. The predicted octanol–water partition coefficient (Wildman–Crippen LogP) is 6.05. The standard InChI is InChI=1S/C16H16BrCl2NO/c1-2-7-20-10-11-3-5-13(9-14(11)17)21-16-6-4-12(18)8-15(16)19/h3-6,8-9,20H,2,7,10H2,1H3. The van der Waals surface area contributed by atoms with Crippen LogP contribution in [0.15, 0.2) is 40.9 Å². The van der Waals surface area contributed by atoms with Crippen LogP contribution in [0.4, 0.5) is 0 Å². The van der Waals surface area contributed by atoms with Gasteiger partial charge in [0.1, 0.15) is 11.5 Å². The molecule has 21 heavy (non-hydrogen) atoms. The van der Waals surface area contributed by atoms with E-state index in [1.807, 2.05) is 18.2 Å². The van der Waals surface area contributed by atoms with Crippen molar-refractivity contribution >= 4 is 39.1 Å². The zero-order valence-corrected chi connectivity index (χ0v) is 14.7. The maximum atomic E-state index is 6.10. The smallest absolute Gasteiger partial charge is 0.146 e. The van der Waals surface area contributed by atoms with Crippen LogP contribution < -0.4 is 10.1 Å². The highest BCUT2D eigenvalue weighted by atomic mass is 79.9. The summed E-state index contributed by atoms with van der Waals surface area (Å²) in [4.78, 5) is 0. The molecule has 0 aliphatic carbocycles. The zero-order chi connectivity index (χ0) is 15.2. The van der Waals surface area contributed by atoms with Crippen molar-refractivity contribution < 1.29 is 4.74 Å². The molecule has 0 saturated carbocycles. The fourth-order valence-electron chi connectivity index (χ4n) is 1.82. The number of nitrogens with one attached hydrogen (secondary N) is 1. The highest BCUT2D eigenvalue weighted by Gasteiger charge is 2.06. The first-order valence-electron chi connectivity index (χ1n) is 6.72. The lowest BCUT2D eigenvalue weighted by Crippen LogP contribution is -2.14. The van der Waals surface area contributed by atoms with Crippen molar-refractivity contribution in [1.82, 2.24) is 5.32 Å². The van der Waals surface area contributed by atoms with Crippen molar-refractivity contribution in [2.24, 2.45) is 0 Å². The molecule has 0 radical (unpaired) electrons. The van der Waals surface area contributed by atoms with Crippen LogP contribution in [-0.4, -0.2) is 6.54 Å². The molecule has 0 aromatic heterocycles. The molecule has 0 aliphatic heterocycles. The van der Waals surface area contributed by atoms with Gasteiger partial charge in [0, 0.05) is 16.0 Å². The van der Waals surface area contributed by atoms with Gasteiger partial charge in [-0.15, -0.1) is 0 Å². The third kappa shape index (κ3) is 4.89. The predicted molar refractivity (Wildman–Crippen MR) is 92.7 cm³/mol. The van der Waals surface area contributed by atoms with Gasteiger partial charge in [0.15, 0.2) is 0 Å². The van der Waals surface area contributed by atoms with Crippen LogP contribution in [-0.2, 0) is 6.54 Å². The van der Waals surface area contributed by atoms with Crippen LogP contribution in [0.1, 0.15) is 18.9 Å². The van der Waals surface area contributed by atoms with Crippen LogP contribution in [0.25, 0.3) is 0 Å². The molecule has 2 nitrogen and oxygen atoms in total. The summed E-state index contributed by atoms with van der Waals surface area (Å²) in [5.74, 6) is 1.31. The monoisotopic (exact) mass is 387 g/mol. The van der Waals surface area contributed by atoms with E-state index in [4.69, 9.17) is 27.9 Å². The van der Waals surface area contributed by atoms with E-state index in [0.29, 0.717) is 15.8 Å². The second-order valence-electron chi connectivity index (χ2n) is 4.61. The normalized spacial score (nSPS) is 10.7. The molecule has 2 aromatic carbocycles. The Balaban J connectivity index is 2.09.